The monoisotopic (exact) mass is 98.1 g/mol. The summed E-state index contributed by atoms with van der Waals surface area (Å²) in [4.78, 5) is 0. The predicted octanol–water partition coefficient (Wildman–Crippen LogP) is -0.245. The van der Waals surface area contributed by atoms with Crippen LogP contribution in [0.4, 0.5) is 0 Å². The second kappa shape index (κ2) is 1.81. The number of hydrogen-bond acceptors (Lipinski definition) is 4. The van der Waals surface area contributed by atoms with Crippen molar-refractivity contribution in [3.8, 4) is 0 Å². The van der Waals surface area contributed by atoms with Gasteiger partial charge in [0, 0.05) is 6.20 Å². The Morgan fingerprint density at radius 2 is 2.57 bits per heavy atom. The van der Waals surface area contributed by atoms with Crippen LogP contribution in [0.2, 0.25) is 0 Å². The van der Waals surface area contributed by atoms with E-state index >= 15 is 0 Å². The van der Waals surface area contributed by atoms with Crippen molar-refractivity contribution in [2.45, 2.75) is 6.17 Å². The summed E-state index contributed by atoms with van der Waals surface area (Å²) in [5, 5.41) is 7.17. The molecule has 0 bridgehead atoms. The van der Waals surface area contributed by atoms with Gasteiger partial charge in [0.1, 0.15) is 0 Å². The molecule has 3 N–H and O–H groups in total. The Morgan fingerprint density at radius 3 is 2.86 bits per heavy atom. The molecule has 0 saturated carbocycles. The fraction of sp³-hybridized carbons (Fsp3) is 0.333. The standard InChI is InChI=1S/C3H6N4/c4-6-3-1-2-5-7-3/h1-3,6H,4H2. The Kier molecular flexibility index (Phi) is 1.14. The lowest BCUT2D eigenvalue weighted by atomic mass is 10.5. The summed E-state index contributed by atoms with van der Waals surface area (Å²) in [5.41, 5.74) is 2.42. The number of nitrogens with two attached hydrogens (primary N) is 1. The lowest BCUT2D eigenvalue weighted by Crippen LogP contribution is -2.30. The van der Waals surface area contributed by atoms with E-state index in [1.54, 1.807) is 12.3 Å². The minimum absolute atomic E-state index is 0.0972. The van der Waals surface area contributed by atoms with E-state index in [1.165, 1.54) is 0 Å². The second-order valence-electron chi connectivity index (χ2n) is 1.18. The first kappa shape index (κ1) is 4.42. The maximum absolute atomic E-state index is 4.98. The van der Waals surface area contributed by atoms with Crippen molar-refractivity contribution in [1.82, 2.24) is 5.43 Å². The molecule has 1 aliphatic heterocycles. The zero-order chi connectivity index (χ0) is 5.11. The highest BCUT2D eigenvalue weighted by atomic mass is 15.3. The molecule has 0 saturated heterocycles. The molecule has 1 aliphatic rings. The molecule has 7 heavy (non-hydrogen) atoms. The Morgan fingerprint density at radius 1 is 1.71 bits per heavy atom. The summed E-state index contributed by atoms with van der Waals surface area (Å²) in [7, 11) is 0. The van der Waals surface area contributed by atoms with Crippen LogP contribution in [0.1, 0.15) is 0 Å². The summed E-state index contributed by atoms with van der Waals surface area (Å²) in [5.74, 6) is 4.98. The fourth-order valence-electron chi connectivity index (χ4n) is 0.358. The number of rotatable bonds is 1. The van der Waals surface area contributed by atoms with Crippen LogP contribution in [0, 0.1) is 0 Å². The molecule has 0 radical (unpaired) electrons. The van der Waals surface area contributed by atoms with E-state index in [2.05, 4.69) is 15.7 Å². The SMILES string of the molecule is NNC1C=CN=N1. The largest absolute Gasteiger partial charge is 0.269 e. The molecule has 0 aromatic rings. The highest BCUT2D eigenvalue weighted by Gasteiger charge is 1.98. The van der Waals surface area contributed by atoms with Crippen molar-refractivity contribution in [2.75, 3.05) is 0 Å². The van der Waals surface area contributed by atoms with Gasteiger partial charge in [0.05, 0.1) is 0 Å². The van der Waals surface area contributed by atoms with E-state index in [0.29, 0.717) is 0 Å². The van der Waals surface area contributed by atoms with Crippen LogP contribution in [0.25, 0.3) is 0 Å². The predicted molar refractivity (Wildman–Crippen MR) is 25.1 cm³/mol. The Hall–Kier alpha value is -0.740. The molecular weight excluding hydrogens is 92.1 g/mol. The molecule has 0 spiro atoms. The molecule has 1 heterocycles. The van der Waals surface area contributed by atoms with Gasteiger partial charge in [-0.15, -0.1) is 0 Å². The van der Waals surface area contributed by atoms with E-state index in [9.17, 15) is 0 Å². The number of nitrogens with zero attached hydrogens (tertiary/aromatic N) is 2. The smallest absolute Gasteiger partial charge is 0.153 e. The van der Waals surface area contributed by atoms with E-state index in [4.69, 9.17) is 5.84 Å². The van der Waals surface area contributed by atoms with Crippen LogP contribution in [-0.2, 0) is 0 Å². The van der Waals surface area contributed by atoms with Gasteiger partial charge in [0.25, 0.3) is 0 Å². The minimum Gasteiger partial charge on any atom is -0.269 e. The zero-order valence-corrected chi connectivity index (χ0v) is 3.70. The minimum atomic E-state index is -0.0972. The molecule has 1 atom stereocenters. The second-order valence-corrected chi connectivity index (χ2v) is 1.18. The maximum Gasteiger partial charge on any atom is 0.153 e. The van der Waals surface area contributed by atoms with Gasteiger partial charge in [0.2, 0.25) is 0 Å². The summed E-state index contributed by atoms with van der Waals surface area (Å²) < 4.78 is 0. The van der Waals surface area contributed by atoms with Crippen LogP contribution in [0.5, 0.6) is 0 Å². The zero-order valence-electron chi connectivity index (χ0n) is 3.70. The van der Waals surface area contributed by atoms with Gasteiger partial charge < -0.3 is 0 Å². The first-order valence-corrected chi connectivity index (χ1v) is 1.96. The molecule has 38 valence electrons. The quantitative estimate of drug-likeness (QED) is 0.351. The van der Waals surface area contributed by atoms with E-state index in [0.717, 1.165) is 0 Å². The summed E-state index contributed by atoms with van der Waals surface area (Å²) >= 11 is 0. The molecule has 4 heteroatoms. The Labute approximate surface area is 41.1 Å². The van der Waals surface area contributed by atoms with E-state index in [1.807, 2.05) is 0 Å². The first-order valence-electron chi connectivity index (χ1n) is 1.96. The normalized spacial score (nSPS) is 26.7. The summed E-state index contributed by atoms with van der Waals surface area (Å²) in [6, 6.07) is 0. The van der Waals surface area contributed by atoms with Crippen LogP contribution in [-0.4, -0.2) is 6.17 Å². The highest BCUT2D eigenvalue weighted by Crippen LogP contribution is 1.96. The average molecular weight is 98.1 g/mol. The van der Waals surface area contributed by atoms with Crippen molar-refractivity contribution in [3.05, 3.63) is 12.3 Å². The average Bonchev–Trinajstić information content (AvgIpc) is 2.14. The van der Waals surface area contributed by atoms with Crippen molar-refractivity contribution in [1.29, 1.82) is 0 Å². The summed E-state index contributed by atoms with van der Waals surface area (Å²) in [6.07, 6.45) is 3.27. The third-order valence-electron chi connectivity index (χ3n) is 0.697. The molecule has 0 aromatic heterocycles. The molecule has 1 rings (SSSR count). The van der Waals surface area contributed by atoms with E-state index < -0.39 is 0 Å². The van der Waals surface area contributed by atoms with Crippen LogP contribution < -0.4 is 11.3 Å². The molecule has 1 unspecified atom stereocenters. The first-order chi connectivity index (χ1) is 3.43. The number of hydrogen-bond donors (Lipinski definition) is 2. The topological polar surface area (TPSA) is 62.8 Å². The molecule has 0 fully saturated rings. The summed E-state index contributed by atoms with van der Waals surface area (Å²) in [6.45, 7) is 0. The third-order valence-corrected chi connectivity index (χ3v) is 0.697. The Balaban J connectivity index is 2.44. The van der Waals surface area contributed by atoms with Gasteiger partial charge in [-0.25, -0.2) is 5.43 Å². The van der Waals surface area contributed by atoms with Crippen LogP contribution in [0.3, 0.4) is 0 Å². The van der Waals surface area contributed by atoms with Gasteiger partial charge >= 0.3 is 0 Å². The van der Waals surface area contributed by atoms with Gasteiger partial charge in [-0.3, -0.25) is 5.84 Å². The molecular formula is C3H6N4. The highest BCUT2D eigenvalue weighted by molar-refractivity contribution is 4.93. The molecule has 0 aliphatic carbocycles. The molecule has 0 amide bonds. The van der Waals surface area contributed by atoms with Gasteiger partial charge in [-0.2, -0.15) is 10.2 Å². The lowest BCUT2D eigenvalue weighted by Gasteiger charge is -1.94. The van der Waals surface area contributed by atoms with Crippen molar-refractivity contribution in [3.63, 3.8) is 0 Å². The molecule has 4 nitrogen and oxygen atoms in total. The van der Waals surface area contributed by atoms with Gasteiger partial charge in [-0.05, 0) is 6.08 Å². The lowest BCUT2D eigenvalue weighted by molar-refractivity contribution is 0.637. The third kappa shape index (κ3) is 0.819. The van der Waals surface area contributed by atoms with Crippen molar-refractivity contribution < 1.29 is 0 Å². The maximum atomic E-state index is 4.98. The van der Waals surface area contributed by atoms with E-state index in [-0.39, 0.29) is 6.17 Å². The number of hydrazine groups is 1. The van der Waals surface area contributed by atoms with Crippen molar-refractivity contribution in [2.24, 2.45) is 16.1 Å². The van der Waals surface area contributed by atoms with Crippen LogP contribution >= 0.6 is 0 Å². The number of azo groups is 1. The number of nitrogens with one attached hydrogen (secondary N) is 1. The molecule has 0 aromatic carbocycles. The van der Waals surface area contributed by atoms with Gasteiger partial charge in [-0.1, -0.05) is 0 Å². The van der Waals surface area contributed by atoms with Gasteiger partial charge in [0.15, 0.2) is 6.17 Å². The fourth-order valence-corrected chi connectivity index (χ4v) is 0.358. The Bertz CT molecular complexity index is 93.5. The van der Waals surface area contributed by atoms with Crippen molar-refractivity contribution >= 4 is 0 Å². The van der Waals surface area contributed by atoms with Crippen LogP contribution in [0.15, 0.2) is 22.5 Å².